The summed E-state index contributed by atoms with van der Waals surface area (Å²) in [5, 5.41) is 0. The van der Waals surface area contributed by atoms with Crippen molar-refractivity contribution in [3.8, 4) is 5.75 Å². The van der Waals surface area contributed by atoms with Gasteiger partial charge in [0.05, 0.1) is 36.2 Å². The number of anilines is 2. The van der Waals surface area contributed by atoms with E-state index >= 15 is 0 Å². The maximum absolute atomic E-state index is 14.0. The molecule has 0 N–H and O–H groups in total. The molecule has 6 nitrogen and oxygen atoms in total. The molecule has 6 rings (SSSR count). The number of fused-ring (bicyclic) bond motifs is 5. The Labute approximate surface area is 215 Å². The Bertz CT molecular complexity index is 1500. The van der Waals surface area contributed by atoms with Crippen LogP contribution in [0.15, 0.2) is 78.9 Å². The van der Waals surface area contributed by atoms with Crippen LogP contribution < -0.4 is 14.5 Å². The molecule has 0 bridgehead atoms. The SMILES string of the molecule is COc1ccc(C(=O)[C@@H]2[C@@H]3C(=O)N(c4cccc(C(F)(F)F)c4)C(=O)[C@@H]3[C@H]3C=Cc4ccccc4N32)cc1. The Morgan fingerprint density at radius 3 is 2.32 bits per heavy atom. The minimum Gasteiger partial charge on any atom is -0.497 e. The number of halogens is 3. The van der Waals surface area contributed by atoms with E-state index in [1.54, 1.807) is 30.3 Å². The molecule has 192 valence electrons. The van der Waals surface area contributed by atoms with E-state index in [4.69, 9.17) is 4.74 Å². The monoisotopic (exact) mass is 518 g/mol. The molecule has 0 aliphatic carbocycles. The quantitative estimate of drug-likeness (QED) is 0.360. The van der Waals surface area contributed by atoms with Gasteiger partial charge in [-0.15, -0.1) is 0 Å². The lowest BCUT2D eigenvalue weighted by Gasteiger charge is -2.36. The lowest BCUT2D eigenvalue weighted by Crippen LogP contribution is -2.48. The number of nitrogens with zero attached hydrogens (tertiary/aromatic N) is 2. The van der Waals surface area contributed by atoms with Crippen LogP contribution in [0.5, 0.6) is 5.75 Å². The van der Waals surface area contributed by atoms with Gasteiger partial charge in [0.15, 0.2) is 5.78 Å². The van der Waals surface area contributed by atoms with Crippen molar-refractivity contribution in [3.05, 3.63) is 95.6 Å². The number of rotatable bonds is 4. The zero-order valence-electron chi connectivity index (χ0n) is 20.1. The van der Waals surface area contributed by atoms with Gasteiger partial charge in [0.2, 0.25) is 11.8 Å². The second-order valence-electron chi connectivity index (χ2n) is 9.46. The molecule has 0 aromatic heterocycles. The summed E-state index contributed by atoms with van der Waals surface area (Å²) in [6.07, 6.45) is -1.00. The fourth-order valence-electron chi connectivity index (χ4n) is 5.82. The second kappa shape index (κ2) is 8.58. The number of methoxy groups -OCH3 is 1. The normalized spacial score (nSPS) is 23.8. The average Bonchev–Trinajstić information content (AvgIpc) is 3.40. The maximum atomic E-state index is 14.0. The van der Waals surface area contributed by atoms with Crippen LogP contribution in [-0.2, 0) is 15.8 Å². The number of hydrogen-bond acceptors (Lipinski definition) is 5. The fourth-order valence-corrected chi connectivity index (χ4v) is 5.82. The van der Waals surface area contributed by atoms with Crippen LogP contribution in [0.3, 0.4) is 0 Å². The first kappa shape index (κ1) is 24.0. The van der Waals surface area contributed by atoms with Crippen LogP contribution in [0.4, 0.5) is 24.5 Å². The Kier molecular flexibility index (Phi) is 5.41. The molecular weight excluding hydrogens is 497 g/mol. The number of ether oxygens (including phenoxy) is 1. The number of carbonyl (C=O) groups is 3. The predicted octanol–water partition coefficient (Wildman–Crippen LogP) is 4.99. The topological polar surface area (TPSA) is 66.9 Å². The number of alkyl halides is 3. The van der Waals surface area contributed by atoms with Crippen LogP contribution in [0, 0.1) is 11.8 Å². The van der Waals surface area contributed by atoms with Gasteiger partial charge < -0.3 is 9.64 Å². The Balaban J connectivity index is 1.46. The Morgan fingerprint density at radius 1 is 0.895 bits per heavy atom. The number of benzene rings is 3. The predicted molar refractivity (Wildman–Crippen MR) is 134 cm³/mol. The van der Waals surface area contributed by atoms with Crippen molar-refractivity contribution < 1.29 is 32.3 Å². The van der Waals surface area contributed by atoms with E-state index in [1.807, 2.05) is 35.2 Å². The molecule has 4 atom stereocenters. The van der Waals surface area contributed by atoms with Crippen molar-refractivity contribution >= 4 is 35.0 Å². The molecule has 2 fully saturated rings. The van der Waals surface area contributed by atoms with Crippen LogP contribution >= 0.6 is 0 Å². The zero-order chi connectivity index (χ0) is 26.8. The van der Waals surface area contributed by atoms with Crippen LogP contribution in [0.1, 0.15) is 21.5 Å². The maximum Gasteiger partial charge on any atom is 0.416 e. The van der Waals surface area contributed by atoms with E-state index in [0.29, 0.717) is 17.0 Å². The third kappa shape index (κ3) is 3.53. The molecule has 38 heavy (non-hydrogen) atoms. The van der Waals surface area contributed by atoms with E-state index < -0.39 is 47.5 Å². The van der Waals surface area contributed by atoms with Crippen LogP contribution in [0.25, 0.3) is 6.08 Å². The number of para-hydroxylation sites is 1. The molecule has 9 heteroatoms. The summed E-state index contributed by atoms with van der Waals surface area (Å²) < 4.78 is 45.4. The smallest absolute Gasteiger partial charge is 0.416 e. The molecule has 3 aliphatic rings. The lowest BCUT2D eigenvalue weighted by molar-refractivity contribution is -0.137. The second-order valence-corrected chi connectivity index (χ2v) is 9.46. The van der Waals surface area contributed by atoms with E-state index in [9.17, 15) is 27.6 Å². The number of ketones is 1. The molecule has 2 saturated heterocycles. The van der Waals surface area contributed by atoms with E-state index in [0.717, 1.165) is 28.7 Å². The summed E-state index contributed by atoms with van der Waals surface area (Å²) in [5.74, 6) is -3.13. The highest BCUT2D eigenvalue weighted by molar-refractivity contribution is 6.25. The standard InChI is InChI=1S/C29H21F3N2O4/c1-38-20-12-9-17(10-13-20)26(35)25-24-23(22-14-11-16-5-2-3-8-21(16)34(22)25)27(36)33(28(24)37)19-7-4-6-18(15-19)29(30,31)32/h2-15,22-25H,1H3/t22-,23-,24-,25+/m1/s1. The minimum atomic E-state index is -4.64. The van der Waals surface area contributed by atoms with Gasteiger partial charge in [0.1, 0.15) is 11.8 Å². The highest BCUT2D eigenvalue weighted by Gasteiger charge is 2.64. The van der Waals surface area contributed by atoms with Crippen molar-refractivity contribution in [3.63, 3.8) is 0 Å². The van der Waals surface area contributed by atoms with Gasteiger partial charge >= 0.3 is 6.18 Å². The Hall–Kier alpha value is -4.40. The van der Waals surface area contributed by atoms with Gasteiger partial charge in [0, 0.05) is 11.3 Å². The van der Waals surface area contributed by atoms with Gasteiger partial charge in [-0.3, -0.25) is 14.4 Å². The molecule has 3 aromatic rings. The zero-order valence-corrected chi connectivity index (χ0v) is 20.1. The van der Waals surface area contributed by atoms with E-state index in [-0.39, 0.29) is 11.5 Å². The molecule has 0 unspecified atom stereocenters. The van der Waals surface area contributed by atoms with Gasteiger partial charge in [-0.2, -0.15) is 13.2 Å². The van der Waals surface area contributed by atoms with Crippen molar-refractivity contribution in [1.82, 2.24) is 0 Å². The van der Waals surface area contributed by atoms with E-state index in [2.05, 4.69) is 0 Å². The summed E-state index contributed by atoms with van der Waals surface area (Å²) in [6, 6.07) is 16.3. The number of imide groups is 1. The average molecular weight is 518 g/mol. The third-order valence-electron chi connectivity index (χ3n) is 7.49. The molecular formula is C29H21F3N2O4. The van der Waals surface area contributed by atoms with Crippen molar-refractivity contribution in [2.24, 2.45) is 11.8 Å². The van der Waals surface area contributed by atoms with Gasteiger partial charge in [-0.1, -0.05) is 36.4 Å². The highest BCUT2D eigenvalue weighted by Crippen LogP contribution is 2.50. The molecule has 3 aromatic carbocycles. The first-order valence-electron chi connectivity index (χ1n) is 12.0. The first-order valence-corrected chi connectivity index (χ1v) is 12.0. The summed E-state index contributed by atoms with van der Waals surface area (Å²) in [7, 11) is 1.51. The Morgan fingerprint density at radius 2 is 1.61 bits per heavy atom. The van der Waals surface area contributed by atoms with Crippen molar-refractivity contribution in [2.45, 2.75) is 18.3 Å². The van der Waals surface area contributed by atoms with Gasteiger partial charge in [-0.05, 0) is 54.1 Å². The minimum absolute atomic E-state index is 0.161. The molecule has 0 spiro atoms. The summed E-state index contributed by atoms with van der Waals surface area (Å²) in [5.41, 5.74) is 0.761. The summed E-state index contributed by atoms with van der Waals surface area (Å²) in [6.45, 7) is 0. The fraction of sp³-hybridized carbons (Fsp3) is 0.207. The molecule has 3 aliphatic heterocycles. The highest BCUT2D eigenvalue weighted by atomic mass is 19.4. The lowest BCUT2D eigenvalue weighted by atomic mass is 9.86. The summed E-state index contributed by atoms with van der Waals surface area (Å²) >= 11 is 0. The van der Waals surface area contributed by atoms with Crippen LogP contribution in [0.2, 0.25) is 0 Å². The molecule has 0 radical (unpaired) electrons. The number of carbonyl (C=O) groups excluding carboxylic acids is 3. The molecule has 3 heterocycles. The molecule has 0 saturated carbocycles. The van der Waals surface area contributed by atoms with Crippen molar-refractivity contribution in [1.29, 1.82) is 0 Å². The largest absolute Gasteiger partial charge is 0.497 e. The van der Waals surface area contributed by atoms with Crippen LogP contribution in [-0.4, -0.2) is 36.8 Å². The van der Waals surface area contributed by atoms with Crippen molar-refractivity contribution in [2.75, 3.05) is 16.9 Å². The number of hydrogen-bond donors (Lipinski definition) is 0. The van der Waals surface area contributed by atoms with Gasteiger partial charge in [0.25, 0.3) is 0 Å². The summed E-state index contributed by atoms with van der Waals surface area (Å²) in [4.78, 5) is 44.2. The molecule has 2 amide bonds. The number of Topliss-reactive ketones (excluding diaryl/α,β-unsaturated/α-hetero) is 1. The third-order valence-corrected chi connectivity index (χ3v) is 7.49. The number of amides is 2. The first-order chi connectivity index (χ1) is 18.2. The van der Waals surface area contributed by atoms with Gasteiger partial charge in [-0.25, -0.2) is 4.90 Å². The van der Waals surface area contributed by atoms with E-state index in [1.165, 1.54) is 13.2 Å².